The van der Waals surface area contributed by atoms with E-state index in [0.717, 1.165) is 35.0 Å². The lowest BCUT2D eigenvalue weighted by Gasteiger charge is -2.12. The lowest BCUT2D eigenvalue weighted by molar-refractivity contribution is 0.242. The van der Waals surface area contributed by atoms with Gasteiger partial charge in [-0.25, -0.2) is 0 Å². The average Bonchev–Trinajstić information content (AvgIpc) is 2.96. The van der Waals surface area contributed by atoms with Gasteiger partial charge >= 0.3 is 0 Å². The highest BCUT2D eigenvalue weighted by Gasteiger charge is 2.09. The van der Waals surface area contributed by atoms with Gasteiger partial charge in [-0.05, 0) is 36.6 Å². The second-order valence-electron chi connectivity index (χ2n) is 4.87. The Morgan fingerprint density at radius 3 is 2.86 bits per heavy atom. The van der Waals surface area contributed by atoms with Gasteiger partial charge in [-0.15, -0.1) is 0 Å². The third kappa shape index (κ3) is 4.54. The van der Waals surface area contributed by atoms with Gasteiger partial charge in [0, 0.05) is 16.9 Å². The Labute approximate surface area is 133 Å². The van der Waals surface area contributed by atoms with Crippen molar-refractivity contribution in [1.82, 2.24) is 10.1 Å². The van der Waals surface area contributed by atoms with Gasteiger partial charge in [0.15, 0.2) is 12.4 Å². The van der Waals surface area contributed by atoms with E-state index < -0.39 is 0 Å². The van der Waals surface area contributed by atoms with Gasteiger partial charge in [-0.3, -0.25) is 0 Å². The summed E-state index contributed by atoms with van der Waals surface area (Å²) in [5.74, 6) is 1.95. The molecule has 0 bridgehead atoms. The normalized spacial score (nSPS) is 12.4. The van der Waals surface area contributed by atoms with Gasteiger partial charge in [0.05, 0.1) is 0 Å². The van der Waals surface area contributed by atoms with Gasteiger partial charge in [0.2, 0.25) is 0 Å². The topological polar surface area (TPSA) is 74.2 Å². The Morgan fingerprint density at radius 2 is 2.19 bits per heavy atom. The molecule has 2 aromatic rings. The molecule has 5 nitrogen and oxygen atoms in total. The largest absolute Gasteiger partial charge is 0.484 e. The molecule has 1 aromatic heterocycles. The molecule has 1 heterocycles. The molecule has 0 radical (unpaired) electrons. The standard InChI is InChI=1S/C15H20BrN3O2/c1-3-11(17)7-10-8-12(5-6-13(10)16)20-9-15-18-14(4-2)19-21-15/h5-6,8,11H,3-4,7,9,17H2,1-2H3. The van der Waals surface area contributed by atoms with E-state index in [-0.39, 0.29) is 12.6 Å². The summed E-state index contributed by atoms with van der Waals surface area (Å²) in [6, 6.07) is 6.02. The van der Waals surface area contributed by atoms with Crippen molar-refractivity contribution in [3.63, 3.8) is 0 Å². The maximum atomic E-state index is 6.01. The van der Waals surface area contributed by atoms with Crippen LogP contribution in [0.15, 0.2) is 27.2 Å². The van der Waals surface area contributed by atoms with Gasteiger partial charge in [-0.1, -0.05) is 34.9 Å². The number of hydrogen-bond acceptors (Lipinski definition) is 5. The summed E-state index contributed by atoms with van der Waals surface area (Å²) >= 11 is 3.54. The molecule has 2 N–H and O–H groups in total. The van der Waals surface area contributed by atoms with Crippen LogP contribution in [-0.4, -0.2) is 16.2 Å². The van der Waals surface area contributed by atoms with E-state index in [0.29, 0.717) is 11.7 Å². The molecule has 2 rings (SSSR count). The van der Waals surface area contributed by atoms with E-state index in [1.165, 1.54) is 0 Å². The van der Waals surface area contributed by atoms with Crippen LogP contribution in [0.2, 0.25) is 0 Å². The van der Waals surface area contributed by atoms with Crippen LogP contribution in [-0.2, 0) is 19.4 Å². The molecule has 0 aliphatic carbocycles. The maximum Gasteiger partial charge on any atom is 0.264 e. The molecule has 0 aliphatic heterocycles. The monoisotopic (exact) mass is 353 g/mol. The van der Waals surface area contributed by atoms with Crippen LogP contribution in [0.25, 0.3) is 0 Å². The maximum absolute atomic E-state index is 6.01. The number of benzene rings is 1. The molecule has 1 aromatic carbocycles. The van der Waals surface area contributed by atoms with Gasteiger partial charge in [0.25, 0.3) is 5.89 Å². The summed E-state index contributed by atoms with van der Waals surface area (Å²) in [6.45, 7) is 4.33. The lowest BCUT2D eigenvalue weighted by Crippen LogP contribution is -2.21. The van der Waals surface area contributed by atoms with Crippen LogP contribution in [0.4, 0.5) is 0 Å². The summed E-state index contributed by atoms with van der Waals surface area (Å²) in [6.07, 6.45) is 2.51. The van der Waals surface area contributed by atoms with Crippen LogP contribution < -0.4 is 10.5 Å². The number of aryl methyl sites for hydroxylation is 1. The second kappa shape index (κ2) is 7.56. The van der Waals surface area contributed by atoms with Crippen molar-refractivity contribution in [3.8, 4) is 5.75 Å². The zero-order valence-electron chi connectivity index (χ0n) is 12.3. The Morgan fingerprint density at radius 1 is 1.38 bits per heavy atom. The van der Waals surface area contributed by atoms with E-state index in [1.54, 1.807) is 0 Å². The first kappa shape index (κ1) is 16.0. The fraction of sp³-hybridized carbons (Fsp3) is 0.467. The molecule has 0 fully saturated rings. The molecular weight excluding hydrogens is 334 g/mol. The van der Waals surface area contributed by atoms with Gasteiger partial charge in [0.1, 0.15) is 5.75 Å². The number of aromatic nitrogens is 2. The minimum Gasteiger partial charge on any atom is -0.484 e. The molecule has 114 valence electrons. The summed E-state index contributed by atoms with van der Waals surface area (Å²) in [7, 11) is 0. The zero-order chi connectivity index (χ0) is 15.2. The third-order valence-corrected chi connectivity index (χ3v) is 3.99. The molecule has 0 saturated heterocycles. The molecule has 0 saturated carbocycles. The van der Waals surface area contributed by atoms with E-state index in [1.807, 2.05) is 25.1 Å². The van der Waals surface area contributed by atoms with Gasteiger partial charge < -0.3 is 15.0 Å². The zero-order valence-corrected chi connectivity index (χ0v) is 13.9. The first-order valence-electron chi connectivity index (χ1n) is 7.10. The molecule has 1 unspecified atom stereocenters. The van der Waals surface area contributed by atoms with Crippen molar-refractivity contribution in [3.05, 3.63) is 40.0 Å². The molecule has 6 heteroatoms. The van der Waals surface area contributed by atoms with Crippen molar-refractivity contribution in [2.24, 2.45) is 5.73 Å². The smallest absolute Gasteiger partial charge is 0.264 e. The Hall–Kier alpha value is -1.40. The quantitative estimate of drug-likeness (QED) is 0.826. The Balaban J connectivity index is 2.01. The molecule has 1 atom stereocenters. The van der Waals surface area contributed by atoms with Crippen LogP contribution >= 0.6 is 15.9 Å². The van der Waals surface area contributed by atoms with Crippen molar-refractivity contribution in [2.75, 3.05) is 0 Å². The van der Waals surface area contributed by atoms with Crippen LogP contribution in [0.1, 0.15) is 37.5 Å². The Kier molecular flexibility index (Phi) is 5.76. The fourth-order valence-electron chi connectivity index (χ4n) is 1.86. The highest BCUT2D eigenvalue weighted by Crippen LogP contribution is 2.24. The summed E-state index contributed by atoms with van der Waals surface area (Å²) in [5, 5.41) is 3.84. The summed E-state index contributed by atoms with van der Waals surface area (Å²) in [4.78, 5) is 4.21. The SMILES string of the molecule is CCc1noc(COc2ccc(Br)c(CC(N)CC)c2)n1. The Bertz CT molecular complexity index is 586. The van der Waals surface area contributed by atoms with E-state index >= 15 is 0 Å². The number of rotatable bonds is 7. The molecular formula is C15H20BrN3O2. The van der Waals surface area contributed by atoms with Crippen LogP contribution in [0.3, 0.4) is 0 Å². The fourth-order valence-corrected chi connectivity index (χ4v) is 2.27. The van der Waals surface area contributed by atoms with Crippen LogP contribution in [0, 0.1) is 0 Å². The molecule has 0 spiro atoms. The summed E-state index contributed by atoms with van der Waals surface area (Å²) < 4.78 is 11.8. The highest BCUT2D eigenvalue weighted by atomic mass is 79.9. The van der Waals surface area contributed by atoms with Crippen molar-refractivity contribution < 1.29 is 9.26 Å². The van der Waals surface area contributed by atoms with Crippen molar-refractivity contribution >= 4 is 15.9 Å². The number of hydrogen-bond donors (Lipinski definition) is 1. The first-order valence-corrected chi connectivity index (χ1v) is 7.90. The molecule has 0 aliphatic rings. The minimum absolute atomic E-state index is 0.152. The van der Waals surface area contributed by atoms with E-state index in [9.17, 15) is 0 Å². The van der Waals surface area contributed by atoms with Gasteiger partial charge in [-0.2, -0.15) is 4.98 Å². The molecule has 0 amide bonds. The average molecular weight is 354 g/mol. The summed E-state index contributed by atoms with van der Waals surface area (Å²) in [5.41, 5.74) is 7.15. The second-order valence-corrected chi connectivity index (χ2v) is 5.73. The highest BCUT2D eigenvalue weighted by molar-refractivity contribution is 9.10. The van der Waals surface area contributed by atoms with Crippen molar-refractivity contribution in [2.45, 2.75) is 45.8 Å². The van der Waals surface area contributed by atoms with E-state index in [4.69, 9.17) is 15.0 Å². The number of halogens is 1. The predicted molar refractivity (Wildman–Crippen MR) is 84.1 cm³/mol. The minimum atomic E-state index is 0.152. The molecule has 21 heavy (non-hydrogen) atoms. The van der Waals surface area contributed by atoms with E-state index in [2.05, 4.69) is 33.0 Å². The first-order chi connectivity index (χ1) is 10.1. The third-order valence-electron chi connectivity index (χ3n) is 3.21. The number of nitrogens with two attached hydrogens (primary N) is 1. The lowest BCUT2D eigenvalue weighted by atomic mass is 10.0. The number of nitrogens with zero attached hydrogens (tertiary/aromatic N) is 2. The van der Waals surface area contributed by atoms with Crippen molar-refractivity contribution in [1.29, 1.82) is 0 Å². The predicted octanol–water partition coefficient (Wildman–Crippen LogP) is 3.25. The number of ether oxygens (including phenoxy) is 1. The van der Waals surface area contributed by atoms with Crippen LogP contribution in [0.5, 0.6) is 5.75 Å².